The first kappa shape index (κ1) is 27.1. The summed E-state index contributed by atoms with van der Waals surface area (Å²) in [5, 5.41) is 0. The summed E-state index contributed by atoms with van der Waals surface area (Å²) in [6.07, 6.45) is 2.55. The smallest absolute Gasteiger partial charge is 0.409 e. The van der Waals surface area contributed by atoms with E-state index in [9.17, 15) is 22.8 Å². The van der Waals surface area contributed by atoms with E-state index in [1.165, 1.54) is 18.1 Å². The lowest BCUT2D eigenvalue weighted by molar-refractivity contribution is 0.0904. The normalized spacial score (nSPS) is 19.2. The van der Waals surface area contributed by atoms with Gasteiger partial charge >= 0.3 is 6.09 Å². The maximum atomic E-state index is 14.5. The van der Waals surface area contributed by atoms with Crippen molar-refractivity contribution in [2.75, 3.05) is 32.1 Å². The molecule has 38 heavy (non-hydrogen) atoms. The lowest BCUT2D eigenvalue weighted by atomic mass is 9.88. The SMILES string of the molecule is COC(=O)N(C)[C@@H]1[C@H](N)CN(c2ccncc2CC(=O)c2ccc(F)c(-c3c(F)cccc3F)n2)C[C@@H]1C. The Morgan fingerprint density at radius 3 is 2.47 bits per heavy atom. The first-order valence-electron chi connectivity index (χ1n) is 12.0. The molecule has 3 aromatic rings. The van der Waals surface area contributed by atoms with Gasteiger partial charge in [-0.15, -0.1) is 0 Å². The molecule has 4 rings (SSSR count). The summed E-state index contributed by atoms with van der Waals surface area (Å²) >= 11 is 0. The molecule has 3 atom stereocenters. The van der Waals surface area contributed by atoms with Gasteiger partial charge in [0.05, 0.1) is 18.7 Å². The first-order chi connectivity index (χ1) is 18.1. The molecule has 0 saturated carbocycles. The van der Waals surface area contributed by atoms with Crippen LogP contribution in [0, 0.1) is 23.4 Å². The second kappa shape index (κ2) is 11.2. The molecule has 1 aliphatic rings. The van der Waals surface area contributed by atoms with Gasteiger partial charge in [-0.1, -0.05) is 13.0 Å². The highest BCUT2D eigenvalue weighted by atomic mass is 19.1. The summed E-state index contributed by atoms with van der Waals surface area (Å²) in [6, 6.07) is 6.43. The molecule has 0 bridgehead atoms. The van der Waals surface area contributed by atoms with Gasteiger partial charge in [-0.2, -0.15) is 0 Å². The zero-order chi connectivity index (χ0) is 27.6. The molecular weight excluding hydrogens is 499 g/mol. The number of pyridine rings is 2. The Morgan fingerprint density at radius 2 is 1.82 bits per heavy atom. The molecule has 0 radical (unpaired) electrons. The molecule has 0 aliphatic carbocycles. The number of anilines is 1. The van der Waals surface area contributed by atoms with Crippen molar-refractivity contribution in [3.63, 3.8) is 0 Å². The van der Waals surface area contributed by atoms with Gasteiger partial charge in [0.15, 0.2) is 5.78 Å². The number of halogens is 3. The first-order valence-corrected chi connectivity index (χ1v) is 12.0. The van der Waals surface area contributed by atoms with Crippen LogP contribution < -0.4 is 10.6 Å². The Balaban J connectivity index is 1.58. The number of carbonyl (C=O) groups excluding carboxylic acids is 2. The fourth-order valence-electron chi connectivity index (χ4n) is 5.07. The van der Waals surface area contributed by atoms with Crippen LogP contribution >= 0.6 is 0 Å². The van der Waals surface area contributed by atoms with Crippen molar-refractivity contribution in [1.29, 1.82) is 0 Å². The lowest BCUT2D eigenvalue weighted by Crippen LogP contribution is -2.62. The van der Waals surface area contributed by atoms with Gasteiger partial charge < -0.3 is 20.3 Å². The number of ketones is 1. The minimum Gasteiger partial charge on any atom is -0.453 e. The third kappa shape index (κ3) is 5.33. The van der Waals surface area contributed by atoms with E-state index in [1.807, 2.05) is 11.8 Å². The van der Waals surface area contributed by atoms with E-state index in [2.05, 4.69) is 9.97 Å². The summed E-state index contributed by atoms with van der Waals surface area (Å²) in [6.45, 7) is 2.94. The summed E-state index contributed by atoms with van der Waals surface area (Å²) < 4.78 is 47.9. The molecule has 200 valence electrons. The molecule has 11 heteroatoms. The van der Waals surface area contributed by atoms with E-state index >= 15 is 0 Å². The van der Waals surface area contributed by atoms with Crippen LogP contribution in [-0.2, 0) is 11.2 Å². The van der Waals surface area contributed by atoms with Crippen molar-refractivity contribution in [1.82, 2.24) is 14.9 Å². The molecular formula is C27H28F3N5O3. The van der Waals surface area contributed by atoms with Crippen molar-refractivity contribution in [2.24, 2.45) is 11.7 Å². The summed E-state index contributed by atoms with van der Waals surface area (Å²) in [5.41, 5.74) is 6.44. The Hall–Kier alpha value is -3.99. The number of amides is 1. The predicted octanol–water partition coefficient (Wildman–Crippen LogP) is 3.84. The van der Waals surface area contributed by atoms with Crippen LogP contribution in [0.5, 0.6) is 0 Å². The van der Waals surface area contributed by atoms with Crippen molar-refractivity contribution in [2.45, 2.75) is 25.4 Å². The standard InChI is InChI=1S/C27H28F3N5O3/c1-15-13-35(14-20(31)26(15)34(2)27(37)38-3)22-9-10-32-12-16(22)11-23(36)21-8-7-19(30)25(33-21)24-17(28)5-4-6-18(24)29/h4-10,12,15,20,26H,11,13-14,31H2,1-3H3/t15-,20+,26-/m0/s1. The summed E-state index contributed by atoms with van der Waals surface area (Å²) in [4.78, 5) is 36.9. The number of benzene rings is 1. The fraction of sp³-hybridized carbons (Fsp3) is 0.333. The molecule has 1 fully saturated rings. The number of hydrogen-bond acceptors (Lipinski definition) is 7. The van der Waals surface area contributed by atoms with Gasteiger partial charge in [0.1, 0.15) is 28.8 Å². The molecule has 1 aromatic carbocycles. The number of carbonyl (C=O) groups is 2. The van der Waals surface area contributed by atoms with Gasteiger partial charge in [-0.3, -0.25) is 9.78 Å². The van der Waals surface area contributed by atoms with Crippen LogP contribution in [0.1, 0.15) is 23.0 Å². The Labute approximate surface area is 218 Å². The van der Waals surface area contributed by atoms with Crippen molar-refractivity contribution < 1.29 is 27.5 Å². The second-order valence-corrected chi connectivity index (χ2v) is 9.35. The molecule has 3 heterocycles. The van der Waals surface area contributed by atoms with Crippen molar-refractivity contribution in [3.8, 4) is 11.3 Å². The minimum absolute atomic E-state index is 0.0171. The number of piperidine rings is 1. The number of hydrogen-bond donors (Lipinski definition) is 1. The molecule has 0 unspecified atom stereocenters. The fourth-order valence-corrected chi connectivity index (χ4v) is 5.07. The van der Waals surface area contributed by atoms with Crippen LogP contribution in [0.15, 0.2) is 48.8 Å². The Kier molecular flexibility index (Phi) is 7.96. The number of nitrogens with two attached hydrogens (primary N) is 1. The Morgan fingerprint density at radius 1 is 1.11 bits per heavy atom. The van der Waals surface area contributed by atoms with Crippen molar-refractivity contribution >= 4 is 17.6 Å². The second-order valence-electron chi connectivity index (χ2n) is 9.35. The summed E-state index contributed by atoms with van der Waals surface area (Å²) in [5.74, 6) is -3.41. The number of Topliss-reactive ketones (excluding diaryl/α,β-unsaturated/α-hetero) is 1. The molecule has 2 aromatic heterocycles. The average molecular weight is 528 g/mol. The number of rotatable bonds is 6. The Bertz CT molecular complexity index is 1320. The maximum Gasteiger partial charge on any atom is 0.409 e. The van der Waals surface area contributed by atoms with Crippen LogP contribution in [0.2, 0.25) is 0 Å². The minimum atomic E-state index is -0.984. The quantitative estimate of drug-likeness (QED) is 0.486. The third-order valence-corrected chi connectivity index (χ3v) is 6.77. The highest BCUT2D eigenvalue weighted by Crippen LogP contribution is 2.30. The highest BCUT2D eigenvalue weighted by molar-refractivity contribution is 5.97. The van der Waals surface area contributed by atoms with E-state index in [1.54, 1.807) is 25.5 Å². The van der Waals surface area contributed by atoms with Crippen LogP contribution in [0.4, 0.5) is 23.7 Å². The molecule has 1 aliphatic heterocycles. The monoisotopic (exact) mass is 527 g/mol. The van der Waals surface area contributed by atoms with E-state index in [0.717, 1.165) is 30.0 Å². The van der Waals surface area contributed by atoms with Gasteiger partial charge in [0.2, 0.25) is 0 Å². The zero-order valence-electron chi connectivity index (χ0n) is 21.2. The maximum absolute atomic E-state index is 14.5. The lowest BCUT2D eigenvalue weighted by Gasteiger charge is -2.45. The van der Waals surface area contributed by atoms with E-state index < -0.39 is 46.6 Å². The van der Waals surface area contributed by atoms with Crippen LogP contribution in [-0.4, -0.2) is 66.1 Å². The third-order valence-electron chi connectivity index (χ3n) is 6.77. The number of likely N-dealkylation sites (N-methyl/N-ethyl adjacent to an activating group) is 1. The molecule has 1 amide bonds. The van der Waals surface area contributed by atoms with E-state index in [-0.39, 0.29) is 24.1 Å². The molecule has 2 N–H and O–H groups in total. The number of aromatic nitrogens is 2. The average Bonchev–Trinajstić information content (AvgIpc) is 2.88. The number of ether oxygens (including phenoxy) is 1. The topological polar surface area (TPSA) is 102 Å². The molecule has 1 saturated heterocycles. The van der Waals surface area contributed by atoms with Crippen LogP contribution in [0.25, 0.3) is 11.3 Å². The molecule has 0 spiro atoms. The predicted molar refractivity (Wildman–Crippen MR) is 135 cm³/mol. The van der Waals surface area contributed by atoms with E-state index in [4.69, 9.17) is 10.5 Å². The van der Waals surface area contributed by atoms with Gasteiger partial charge in [-0.25, -0.2) is 22.9 Å². The van der Waals surface area contributed by atoms with Crippen LogP contribution in [0.3, 0.4) is 0 Å². The van der Waals surface area contributed by atoms with Gasteiger partial charge in [0.25, 0.3) is 0 Å². The molecule has 8 nitrogen and oxygen atoms in total. The van der Waals surface area contributed by atoms with Crippen molar-refractivity contribution in [3.05, 3.63) is 77.5 Å². The highest BCUT2D eigenvalue weighted by Gasteiger charge is 2.38. The van der Waals surface area contributed by atoms with E-state index in [0.29, 0.717) is 18.7 Å². The van der Waals surface area contributed by atoms with Gasteiger partial charge in [-0.05, 0) is 36.2 Å². The number of nitrogens with zero attached hydrogens (tertiary/aromatic N) is 4. The zero-order valence-corrected chi connectivity index (χ0v) is 21.2. The largest absolute Gasteiger partial charge is 0.453 e. The van der Waals surface area contributed by atoms with Gasteiger partial charge in [0, 0.05) is 56.2 Å². The number of methoxy groups -OCH3 is 1. The summed E-state index contributed by atoms with van der Waals surface area (Å²) in [7, 11) is 2.96.